The third kappa shape index (κ3) is 1.87. The first kappa shape index (κ1) is 11.3. The molecular formula is C15H21N. The molecule has 0 spiro atoms. The van der Waals surface area contributed by atoms with Crippen molar-refractivity contribution in [3.63, 3.8) is 0 Å². The first-order chi connectivity index (χ1) is 7.54. The van der Waals surface area contributed by atoms with Crippen molar-refractivity contribution in [2.75, 3.05) is 0 Å². The van der Waals surface area contributed by atoms with Crippen molar-refractivity contribution in [2.24, 2.45) is 5.41 Å². The van der Waals surface area contributed by atoms with Crippen LogP contribution < -0.4 is 0 Å². The molecule has 0 aliphatic carbocycles. The average molecular weight is 215 g/mol. The molecule has 0 amide bonds. The molecule has 1 heteroatoms. The van der Waals surface area contributed by atoms with Crippen LogP contribution in [0.2, 0.25) is 0 Å². The van der Waals surface area contributed by atoms with Gasteiger partial charge in [-0.3, -0.25) is 0 Å². The molecule has 2 aromatic rings. The van der Waals surface area contributed by atoms with Gasteiger partial charge >= 0.3 is 0 Å². The maximum atomic E-state index is 3.38. The smallest absolute Gasteiger partial charge is 0.0456 e. The Bertz CT molecular complexity index is 473. The van der Waals surface area contributed by atoms with E-state index in [-0.39, 0.29) is 0 Å². The number of rotatable bonds is 2. The zero-order valence-corrected chi connectivity index (χ0v) is 10.7. The van der Waals surface area contributed by atoms with Crippen molar-refractivity contribution in [2.45, 2.75) is 40.0 Å². The van der Waals surface area contributed by atoms with Crippen LogP contribution >= 0.6 is 0 Å². The summed E-state index contributed by atoms with van der Waals surface area (Å²) in [5.41, 5.74) is 3.03. The molecule has 0 bridgehead atoms. The van der Waals surface area contributed by atoms with Gasteiger partial charge in [-0.1, -0.05) is 45.9 Å². The summed E-state index contributed by atoms with van der Waals surface area (Å²) in [5.74, 6) is 0.614. The first-order valence-electron chi connectivity index (χ1n) is 6.10. The minimum absolute atomic E-state index is 0.319. The Labute approximate surface area is 97.9 Å². The van der Waals surface area contributed by atoms with Crippen molar-refractivity contribution >= 4 is 10.9 Å². The van der Waals surface area contributed by atoms with E-state index in [1.807, 2.05) is 0 Å². The zero-order valence-electron chi connectivity index (χ0n) is 10.7. The van der Waals surface area contributed by atoms with Crippen LogP contribution in [0, 0.1) is 5.41 Å². The molecule has 1 aromatic heterocycles. The molecule has 1 unspecified atom stereocenters. The van der Waals surface area contributed by atoms with Crippen molar-refractivity contribution in [3.8, 4) is 0 Å². The van der Waals surface area contributed by atoms with E-state index in [0.29, 0.717) is 11.3 Å². The van der Waals surface area contributed by atoms with Gasteiger partial charge in [-0.25, -0.2) is 0 Å². The van der Waals surface area contributed by atoms with Crippen LogP contribution in [-0.4, -0.2) is 4.98 Å². The van der Waals surface area contributed by atoms with Crippen molar-refractivity contribution in [1.29, 1.82) is 0 Å². The highest BCUT2D eigenvalue weighted by Crippen LogP contribution is 2.40. The second-order valence-electron chi connectivity index (χ2n) is 5.62. The van der Waals surface area contributed by atoms with Gasteiger partial charge in [-0.2, -0.15) is 0 Å². The molecule has 1 N–H and O–H groups in total. The minimum atomic E-state index is 0.319. The molecular weight excluding hydrogens is 194 g/mol. The second kappa shape index (κ2) is 3.97. The fraction of sp³-hybridized carbons (Fsp3) is 0.467. The molecule has 1 heterocycles. The zero-order chi connectivity index (χ0) is 11.8. The average Bonchev–Trinajstić information content (AvgIpc) is 2.61. The minimum Gasteiger partial charge on any atom is -0.361 e. The van der Waals surface area contributed by atoms with E-state index in [1.165, 1.54) is 22.9 Å². The number of H-pyrrole nitrogens is 1. The Morgan fingerprint density at radius 2 is 1.88 bits per heavy atom. The van der Waals surface area contributed by atoms with Gasteiger partial charge in [-0.15, -0.1) is 0 Å². The van der Waals surface area contributed by atoms with Crippen LogP contribution in [0.4, 0.5) is 0 Å². The van der Waals surface area contributed by atoms with Crippen molar-refractivity contribution < 1.29 is 0 Å². The Hall–Kier alpha value is -1.24. The maximum Gasteiger partial charge on any atom is 0.0456 e. The molecule has 0 aliphatic heterocycles. The summed E-state index contributed by atoms with van der Waals surface area (Å²) < 4.78 is 0. The lowest BCUT2D eigenvalue weighted by Gasteiger charge is -2.29. The third-order valence-electron chi connectivity index (χ3n) is 3.45. The summed E-state index contributed by atoms with van der Waals surface area (Å²) in [6.45, 7) is 9.24. The van der Waals surface area contributed by atoms with Gasteiger partial charge < -0.3 is 4.98 Å². The van der Waals surface area contributed by atoms with Crippen molar-refractivity contribution in [3.05, 3.63) is 36.0 Å². The SMILES string of the molecule is CCC(c1c[nH]c2ccccc12)C(C)(C)C. The van der Waals surface area contributed by atoms with E-state index < -0.39 is 0 Å². The van der Waals surface area contributed by atoms with Gasteiger partial charge in [0.2, 0.25) is 0 Å². The van der Waals surface area contributed by atoms with Gasteiger partial charge in [0.25, 0.3) is 0 Å². The highest BCUT2D eigenvalue weighted by Gasteiger charge is 2.26. The molecule has 0 saturated heterocycles. The number of para-hydroxylation sites is 1. The summed E-state index contributed by atoms with van der Waals surface area (Å²) in [7, 11) is 0. The Balaban J connectivity index is 2.54. The highest BCUT2D eigenvalue weighted by molar-refractivity contribution is 5.83. The third-order valence-corrected chi connectivity index (χ3v) is 3.45. The molecule has 16 heavy (non-hydrogen) atoms. The number of hydrogen-bond donors (Lipinski definition) is 1. The van der Waals surface area contributed by atoms with Crippen LogP contribution in [0.1, 0.15) is 45.6 Å². The van der Waals surface area contributed by atoms with Crippen LogP contribution in [0.15, 0.2) is 30.5 Å². The summed E-state index contributed by atoms with van der Waals surface area (Å²) >= 11 is 0. The predicted molar refractivity (Wildman–Crippen MR) is 70.8 cm³/mol. The van der Waals surface area contributed by atoms with E-state index in [9.17, 15) is 0 Å². The first-order valence-corrected chi connectivity index (χ1v) is 6.10. The number of hydrogen-bond acceptors (Lipinski definition) is 0. The van der Waals surface area contributed by atoms with E-state index in [4.69, 9.17) is 0 Å². The molecule has 2 rings (SSSR count). The van der Waals surface area contributed by atoms with Gasteiger partial charge in [-0.05, 0) is 29.4 Å². The fourth-order valence-electron chi connectivity index (χ4n) is 2.68. The lowest BCUT2D eigenvalue weighted by molar-refractivity contribution is 0.314. The van der Waals surface area contributed by atoms with Crippen LogP contribution in [-0.2, 0) is 0 Å². The molecule has 1 atom stereocenters. The summed E-state index contributed by atoms with van der Waals surface area (Å²) in [5, 5.41) is 1.38. The second-order valence-corrected chi connectivity index (χ2v) is 5.62. The maximum absolute atomic E-state index is 3.38. The summed E-state index contributed by atoms with van der Waals surface area (Å²) in [6.07, 6.45) is 3.37. The fourth-order valence-corrected chi connectivity index (χ4v) is 2.68. The standard InChI is InChI=1S/C15H21N/c1-5-13(15(2,3)4)12-10-16-14-9-7-6-8-11(12)14/h6-10,13,16H,5H2,1-4H3. The molecule has 1 aromatic carbocycles. The van der Waals surface area contributed by atoms with E-state index in [2.05, 4.69) is 63.1 Å². The number of aromatic amines is 1. The van der Waals surface area contributed by atoms with E-state index >= 15 is 0 Å². The molecule has 1 nitrogen and oxygen atoms in total. The topological polar surface area (TPSA) is 15.8 Å². The van der Waals surface area contributed by atoms with Gasteiger partial charge in [0, 0.05) is 17.1 Å². The van der Waals surface area contributed by atoms with Gasteiger partial charge in [0.1, 0.15) is 0 Å². The summed E-state index contributed by atoms with van der Waals surface area (Å²) in [6, 6.07) is 8.57. The molecule has 0 saturated carbocycles. The van der Waals surface area contributed by atoms with Crippen LogP contribution in [0.3, 0.4) is 0 Å². The van der Waals surface area contributed by atoms with Gasteiger partial charge in [0.15, 0.2) is 0 Å². The Morgan fingerprint density at radius 3 is 2.50 bits per heavy atom. The number of fused-ring (bicyclic) bond motifs is 1. The molecule has 0 radical (unpaired) electrons. The highest BCUT2D eigenvalue weighted by atomic mass is 14.7. The number of nitrogens with one attached hydrogen (secondary N) is 1. The molecule has 0 fully saturated rings. The quantitative estimate of drug-likeness (QED) is 0.747. The normalized spacial score (nSPS) is 14.2. The predicted octanol–water partition coefficient (Wildman–Crippen LogP) is 4.71. The lowest BCUT2D eigenvalue weighted by atomic mass is 9.75. The summed E-state index contributed by atoms with van der Waals surface area (Å²) in [4.78, 5) is 3.38. The molecule has 86 valence electrons. The lowest BCUT2D eigenvalue weighted by Crippen LogP contribution is -2.17. The number of benzene rings is 1. The Morgan fingerprint density at radius 1 is 1.19 bits per heavy atom. The van der Waals surface area contributed by atoms with Crippen molar-refractivity contribution in [1.82, 2.24) is 4.98 Å². The Kier molecular flexibility index (Phi) is 2.79. The van der Waals surface area contributed by atoms with Crippen LogP contribution in [0.25, 0.3) is 10.9 Å². The largest absolute Gasteiger partial charge is 0.361 e. The monoisotopic (exact) mass is 215 g/mol. The molecule has 0 aliphatic rings. The van der Waals surface area contributed by atoms with E-state index in [1.54, 1.807) is 0 Å². The van der Waals surface area contributed by atoms with Crippen LogP contribution in [0.5, 0.6) is 0 Å². The van der Waals surface area contributed by atoms with Gasteiger partial charge in [0.05, 0.1) is 0 Å². The number of aromatic nitrogens is 1. The van der Waals surface area contributed by atoms with E-state index in [0.717, 1.165) is 0 Å².